The Morgan fingerprint density at radius 1 is 1.47 bits per heavy atom. The Bertz CT molecular complexity index is 464. The van der Waals surface area contributed by atoms with Gasteiger partial charge in [-0.3, -0.25) is 4.40 Å². The maximum Gasteiger partial charge on any atom is 0.193 e. The second kappa shape index (κ2) is 4.76. The maximum absolute atomic E-state index is 6.05. The molecule has 3 rings (SSSR count). The molecule has 0 aliphatic heterocycles. The van der Waals surface area contributed by atoms with Crippen LogP contribution in [0.15, 0.2) is 17.8 Å². The first-order valence-electron chi connectivity index (χ1n) is 6.11. The molecule has 0 bridgehead atoms. The van der Waals surface area contributed by atoms with Gasteiger partial charge in [0.05, 0.1) is 18.4 Å². The molecule has 1 aliphatic carbocycles. The molecule has 2 atom stereocenters. The van der Waals surface area contributed by atoms with Gasteiger partial charge < -0.3 is 10.5 Å². The van der Waals surface area contributed by atoms with Crippen molar-refractivity contribution in [3.05, 3.63) is 23.5 Å². The van der Waals surface area contributed by atoms with Gasteiger partial charge in [-0.15, -0.1) is 11.3 Å². The third-order valence-electron chi connectivity index (χ3n) is 3.34. The highest BCUT2D eigenvalue weighted by Gasteiger charge is 2.22. The molecule has 1 fully saturated rings. The van der Waals surface area contributed by atoms with Gasteiger partial charge in [0.1, 0.15) is 0 Å². The van der Waals surface area contributed by atoms with Crippen LogP contribution in [0.25, 0.3) is 4.96 Å². The minimum atomic E-state index is 0.201. The fraction of sp³-hybridized carbons (Fsp3) is 0.583. The van der Waals surface area contributed by atoms with E-state index in [1.165, 1.54) is 12.8 Å². The Morgan fingerprint density at radius 2 is 2.35 bits per heavy atom. The summed E-state index contributed by atoms with van der Waals surface area (Å²) in [5.41, 5.74) is 7.04. The molecule has 4 nitrogen and oxygen atoms in total. The third-order valence-corrected chi connectivity index (χ3v) is 4.11. The first-order valence-corrected chi connectivity index (χ1v) is 6.99. The summed E-state index contributed by atoms with van der Waals surface area (Å²) in [5, 5.41) is 2.03. The predicted molar refractivity (Wildman–Crippen MR) is 68.1 cm³/mol. The second-order valence-electron chi connectivity index (χ2n) is 4.62. The molecule has 0 aromatic carbocycles. The summed E-state index contributed by atoms with van der Waals surface area (Å²) in [4.78, 5) is 5.52. The summed E-state index contributed by atoms with van der Waals surface area (Å²) in [7, 11) is 0. The van der Waals surface area contributed by atoms with Crippen molar-refractivity contribution in [3.8, 4) is 0 Å². The first-order chi connectivity index (χ1) is 8.33. The van der Waals surface area contributed by atoms with E-state index in [1.54, 1.807) is 11.3 Å². The monoisotopic (exact) mass is 251 g/mol. The van der Waals surface area contributed by atoms with Crippen LogP contribution in [-0.2, 0) is 11.3 Å². The highest BCUT2D eigenvalue weighted by molar-refractivity contribution is 7.15. The molecule has 17 heavy (non-hydrogen) atoms. The quantitative estimate of drug-likeness (QED) is 0.909. The molecule has 1 saturated carbocycles. The van der Waals surface area contributed by atoms with E-state index in [0.29, 0.717) is 6.61 Å². The number of imidazole rings is 1. The van der Waals surface area contributed by atoms with Gasteiger partial charge in [0.15, 0.2) is 4.96 Å². The number of aromatic nitrogens is 2. The molecule has 2 aromatic rings. The number of hydrogen-bond donors (Lipinski definition) is 1. The van der Waals surface area contributed by atoms with E-state index in [4.69, 9.17) is 10.5 Å². The maximum atomic E-state index is 6.05. The van der Waals surface area contributed by atoms with Gasteiger partial charge in [-0.25, -0.2) is 4.98 Å². The van der Waals surface area contributed by atoms with Crippen LogP contribution in [0.4, 0.5) is 0 Å². The van der Waals surface area contributed by atoms with Crippen molar-refractivity contribution in [2.24, 2.45) is 5.73 Å². The molecule has 0 radical (unpaired) electrons. The molecule has 2 heterocycles. The smallest absolute Gasteiger partial charge is 0.193 e. The third kappa shape index (κ3) is 2.36. The zero-order valence-corrected chi connectivity index (χ0v) is 10.5. The first kappa shape index (κ1) is 11.2. The molecule has 5 heteroatoms. The van der Waals surface area contributed by atoms with Crippen LogP contribution < -0.4 is 5.73 Å². The number of thiazole rings is 1. The Morgan fingerprint density at radius 3 is 3.18 bits per heavy atom. The number of nitrogens with zero attached hydrogens (tertiary/aromatic N) is 2. The fourth-order valence-corrected chi connectivity index (χ4v) is 3.09. The summed E-state index contributed by atoms with van der Waals surface area (Å²) in [5.74, 6) is 0. The largest absolute Gasteiger partial charge is 0.370 e. The molecule has 0 amide bonds. The molecule has 2 N–H and O–H groups in total. The Balaban J connectivity index is 1.61. The number of ether oxygens (including phenoxy) is 1. The number of rotatable bonds is 3. The van der Waals surface area contributed by atoms with E-state index in [0.717, 1.165) is 23.5 Å². The van der Waals surface area contributed by atoms with E-state index >= 15 is 0 Å². The lowest BCUT2D eigenvalue weighted by molar-refractivity contribution is 0.00274. The van der Waals surface area contributed by atoms with Gasteiger partial charge in [-0.2, -0.15) is 0 Å². The van der Waals surface area contributed by atoms with Gasteiger partial charge in [-0.1, -0.05) is 12.8 Å². The van der Waals surface area contributed by atoms with Gasteiger partial charge in [0.25, 0.3) is 0 Å². The summed E-state index contributed by atoms with van der Waals surface area (Å²) in [6.45, 7) is 0.576. The average molecular weight is 251 g/mol. The number of nitrogens with two attached hydrogens (primary N) is 1. The topological polar surface area (TPSA) is 52.5 Å². The minimum Gasteiger partial charge on any atom is -0.370 e. The number of fused-ring (bicyclic) bond motifs is 1. The van der Waals surface area contributed by atoms with Gasteiger partial charge >= 0.3 is 0 Å². The number of hydrogen-bond acceptors (Lipinski definition) is 4. The molecule has 0 saturated heterocycles. The lowest BCUT2D eigenvalue weighted by Gasteiger charge is -2.28. The molecule has 0 spiro atoms. The van der Waals surface area contributed by atoms with E-state index in [1.807, 2.05) is 22.2 Å². The zero-order chi connectivity index (χ0) is 11.7. The van der Waals surface area contributed by atoms with Crippen molar-refractivity contribution in [2.45, 2.75) is 44.4 Å². The van der Waals surface area contributed by atoms with Gasteiger partial charge in [0, 0.05) is 23.8 Å². The van der Waals surface area contributed by atoms with Gasteiger partial charge in [0.2, 0.25) is 0 Å². The Labute approximate surface area is 104 Å². The van der Waals surface area contributed by atoms with Crippen LogP contribution in [0.2, 0.25) is 0 Å². The summed E-state index contributed by atoms with van der Waals surface area (Å²) >= 11 is 1.64. The van der Waals surface area contributed by atoms with Crippen LogP contribution in [-0.4, -0.2) is 21.5 Å². The van der Waals surface area contributed by atoms with Crippen LogP contribution in [0, 0.1) is 0 Å². The average Bonchev–Trinajstić information content (AvgIpc) is 2.88. The highest BCUT2D eigenvalue weighted by Crippen LogP contribution is 2.21. The molecule has 2 aromatic heterocycles. The molecule has 92 valence electrons. The SMILES string of the molecule is NC1CCCCC1OCc1cn2ccsc2n1. The lowest BCUT2D eigenvalue weighted by atomic mass is 9.93. The van der Waals surface area contributed by atoms with Crippen molar-refractivity contribution < 1.29 is 4.74 Å². The molecular formula is C12H17N3OS. The van der Waals surface area contributed by atoms with Crippen LogP contribution in [0.1, 0.15) is 31.4 Å². The van der Waals surface area contributed by atoms with E-state index < -0.39 is 0 Å². The van der Waals surface area contributed by atoms with Crippen molar-refractivity contribution in [3.63, 3.8) is 0 Å². The van der Waals surface area contributed by atoms with Gasteiger partial charge in [-0.05, 0) is 12.8 Å². The Kier molecular flexibility index (Phi) is 3.13. The normalized spacial score (nSPS) is 25.5. The van der Waals surface area contributed by atoms with Crippen molar-refractivity contribution in [2.75, 3.05) is 0 Å². The summed E-state index contributed by atoms with van der Waals surface area (Å²) in [6.07, 6.45) is 8.90. The minimum absolute atomic E-state index is 0.201. The van der Waals surface area contributed by atoms with E-state index in [-0.39, 0.29) is 12.1 Å². The highest BCUT2D eigenvalue weighted by atomic mass is 32.1. The van der Waals surface area contributed by atoms with Crippen LogP contribution in [0.3, 0.4) is 0 Å². The second-order valence-corrected chi connectivity index (χ2v) is 5.50. The van der Waals surface area contributed by atoms with Crippen molar-refractivity contribution in [1.82, 2.24) is 9.38 Å². The fourth-order valence-electron chi connectivity index (χ4n) is 2.37. The molecule has 2 unspecified atom stereocenters. The van der Waals surface area contributed by atoms with E-state index in [9.17, 15) is 0 Å². The summed E-state index contributed by atoms with van der Waals surface area (Å²) in [6, 6.07) is 0.201. The lowest BCUT2D eigenvalue weighted by Crippen LogP contribution is -2.39. The predicted octanol–water partition coefficient (Wildman–Crippen LogP) is 2.18. The van der Waals surface area contributed by atoms with Crippen molar-refractivity contribution in [1.29, 1.82) is 0 Å². The zero-order valence-electron chi connectivity index (χ0n) is 9.71. The molecular weight excluding hydrogens is 234 g/mol. The van der Waals surface area contributed by atoms with Crippen LogP contribution >= 0.6 is 11.3 Å². The van der Waals surface area contributed by atoms with Crippen LogP contribution in [0.5, 0.6) is 0 Å². The summed E-state index contributed by atoms with van der Waals surface area (Å²) < 4.78 is 7.92. The molecule has 1 aliphatic rings. The standard InChI is InChI=1S/C12H17N3OS/c13-10-3-1-2-4-11(10)16-8-9-7-15-5-6-17-12(15)14-9/h5-7,10-11H,1-4,8,13H2. The van der Waals surface area contributed by atoms with E-state index in [2.05, 4.69) is 4.98 Å². The van der Waals surface area contributed by atoms with Crippen molar-refractivity contribution >= 4 is 16.3 Å². The Hall–Kier alpha value is -0.910.